The van der Waals surface area contributed by atoms with E-state index in [0.29, 0.717) is 16.1 Å². The number of hydrogen-bond donors (Lipinski definition) is 4. The predicted molar refractivity (Wildman–Crippen MR) is 94.2 cm³/mol. The summed E-state index contributed by atoms with van der Waals surface area (Å²) < 4.78 is 0.854. The van der Waals surface area contributed by atoms with Crippen molar-refractivity contribution in [2.45, 2.75) is 0 Å². The number of nitrogen functional groups attached to an aromatic ring is 1. The molecular formula is C17H13N3O3S. The van der Waals surface area contributed by atoms with Crippen molar-refractivity contribution in [2.24, 2.45) is 5.73 Å². The number of carbonyl (C=O) groups excluding carboxylic acids is 1. The molecule has 3 rings (SSSR count). The molecule has 7 heteroatoms. The number of benzene rings is 2. The first-order valence-corrected chi connectivity index (χ1v) is 7.78. The van der Waals surface area contributed by atoms with Gasteiger partial charge in [-0.1, -0.05) is 12.1 Å². The summed E-state index contributed by atoms with van der Waals surface area (Å²) in [4.78, 5) is 24.0. The van der Waals surface area contributed by atoms with Crippen molar-refractivity contribution < 1.29 is 14.7 Å². The molecule has 5 N–H and O–H groups in total. The van der Waals surface area contributed by atoms with Crippen LogP contribution in [0.5, 0.6) is 0 Å². The average molecular weight is 339 g/mol. The van der Waals surface area contributed by atoms with Gasteiger partial charge in [0.2, 0.25) is 0 Å². The highest BCUT2D eigenvalue weighted by Gasteiger charge is 2.11. The zero-order valence-electron chi connectivity index (χ0n) is 12.4. The van der Waals surface area contributed by atoms with E-state index in [1.165, 1.54) is 23.5 Å². The van der Waals surface area contributed by atoms with Gasteiger partial charge in [-0.15, -0.1) is 11.3 Å². The third-order valence-electron chi connectivity index (χ3n) is 3.42. The van der Waals surface area contributed by atoms with Crippen LogP contribution in [0.25, 0.3) is 10.1 Å². The summed E-state index contributed by atoms with van der Waals surface area (Å²) in [6, 6.07) is 13.1. The highest BCUT2D eigenvalue weighted by atomic mass is 32.1. The Bertz CT molecular complexity index is 978. The van der Waals surface area contributed by atoms with E-state index in [9.17, 15) is 9.59 Å². The maximum Gasteiger partial charge on any atom is 0.335 e. The minimum atomic E-state index is -1.05. The van der Waals surface area contributed by atoms with Crippen LogP contribution in [-0.2, 0) is 0 Å². The predicted octanol–water partition coefficient (Wildman–Crippen LogP) is 3.14. The van der Waals surface area contributed by atoms with Gasteiger partial charge in [-0.3, -0.25) is 10.2 Å². The minimum absolute atomic E-state index is 0.00677. The number of amides is 1. The Labute approximate surface area is 141 Å². The Hall–Kier alpha value is -3.19. The Morgan fingerprint density at radius 1 is 1.08 bits per heavy atom. The van der Waals surface area contributed by atoms with Crippen molar-refractivity contribution in [3.8, 4) is 0 Å². The molecule has 1 aromatic heterocycles. The zero-order valence-corrected chi connectivity index (χ0v) is 13.2. The maximum absolute atomic E-state index is 12.4. The molecule has 0 aliphatic carbocycles. The second-order valence-electron chi connectivity index (χ2n) is 5.12. The van der Waals surface area contributed by atoms with Crippen LogP contribution in [0.2, 0.25) is 0 Å². The maximum atomic E-state index is 12.4. The van der Waals surface area contributed by atoms with Crippen molar-refractivity contribution in [1.82, 2.24) is 0 Å². The molecule has 24 heavy (non-hydrogen) atoms. The summed E-state index contributed by atoms with van der Waals surface area (Å²) in [6.45, 7) is 0. The summed E-state index contributed by atoms with van der Waals surface area (Å²) in [5, 5.41) is 20.1. The molecule has 2 aromatic carbocycles. The molecule has 0 saturated carbocycles. The van der Waals surface area contributed by atoms with Gasteiger partial charge in [0.05, 0.1) is 10.4 Å². The Morgan fingerprint density at radius 3 is 2.58 bits per heavy atom. The first-order valence-electron chi connectivity index (χ1n) is 6.97. The third-order valence-corrected chi connectivity index (χ3v) is 4.55. The van der Waals surface area contributed by atoms with E-state index in [1.54, 1.807) is 36.4 Å². The molecule has 1 heterocycles. The van der Waals surface area contributed by atoms with E-state index in [1.807, 2.05) is 0 Å². The molecule has 0 saturated heterocycles. The molecule has 3 aromatic rings. The first-order chi connectivity index (χ1) is 11.4. The fourth-order valence-electron chi connectivity index (χ4n) is 2.24. The summed E-state index contributed by atoms with van der Waals surface area (Å²) in [5.74, 6) is -1.40. The van der Waals surface area contributed by atoms with Gasteiger partial charge in [-0.2, -0.15) is 0 Å². The van der Waals surface area contributed by atoms with Crippen molar-refractivity contribution in [2.75, 3.05) is 5.32 Å². The number of amidine groups is 1. The van der Waals surface area contributed by atoms with Crippen LogP contribution in [0.15, 0.2) is 48.5 Å². The van der Waals surface area contributed by atoms with Crippen molar-refractivity contribution in [3.05, 3.63) is 64.5 Å². The SMILES string of the molecule is N=C(N)c1cc2ccc(C(=O)Nc3cccc(C(=O)O)c3)cc2s1. The number of aromatic carboxylic acids is 1. The van der Waals surface area contributed by atoms with Gasteiger partial charge >= 0.3 is 5.97 Å². The van der Waals surface area contributed by atoms with E-state index < -0.39 is 5.97 Å². The topological polar surface area (TPSA) is 116 Å². The third kappa shape index (κ3) is 3.11. The standard InChI is InChI=1S/C17H13N3O3S/c18-15(19)14-7-9-4-5-10(8-13(9)24-14)16(21)20-12-3-1-2-11(6-12)17(22)23/h1-8H,(H3,18,19)(H,20,21)(H,22,23). The molecule has 0 unspecified atom stereocenters. The van der Waals surface area contributed by atoms with E-state index in [0.717, 1.165) is 10.1 Å². The van der Waals surface area contributed by atoms with E-state index in [2.05, 4.69) is 5.32 Å². The number of nitrogens with one attached hydrogen (secondary N) is 2. The van der Waals surface area contributed by atoms with E-state index in [-0.39, 0.29) is 17.3 Å². The van der Waals surface area contributed by atoms with Crippen LogP contribution in [0.3, 0.4) is 0 Å². The lowest BCUT2D eigenvalue weighted by Gasteiger charge is -2.06. The van der Waals surface area contributed by atoms with Gasteiger partial charge in [-0.05, 0) is 41.8 Å². The van der Waals surface area contributed by atoms with Crippen molar-refractivity contribution >= 4 is 44.8 Å². The van der Waals surface area contributed by atoms with Crippen molar-refractivity contribution in [1.29, 1.82) is 5.41 Å². The Kier molecular flexibility index (Phi) is 4.01. The highest BCUT2D eigenvalue weighted by molar-refractivity contribution is 7.20. The molecule has 0 atom stereocenters. The molecule has 0 radical (unpaired) electrons. The number of hydrogen-bond acceptors (Lipinski definition) is 4. The number of carboxylic acids is 1. The molecule has 6 nitrogen and oxygen atoms in total. The molecule has 1 amide bonds. The number of anilines is 1. The zero-order chi connectivity index (χ0) is 17.3. The quantitative estimate of drug-likeness (QED) is 0.431. The average Bonchev–Trinajstić information content (AvgIpc) is 2.98. The van der Waals surface area contributed by atoms with Gasteiger partial charge in [0.15, 0.2) is 0 Å². The monoisotopic (exact) mass is 339 g/mol. The van der Waals surface area contributed by atoms with E-state index in [4.69, 9.17) is 16.2 Å². The van der Waals surface area contributed by atoms with Crippen LogP contribution in [0, 0.1) is 5.41 Å². The Balaban J connectivity index is 1.87. The molecule has 0 aliphatic heterocycles. The van der Waals surface area contributed by atoms with E-state index >= 15 is 0 Å². The second kappa shape index (κ2) is 6.13. The Morgan fingerprint density at radius 2 is 1.88 bits per heavy atom. The summed E-state index contributed by atoms with van der Waals surface area (Å²) >= 11 is 1.34. The van der Waals surface area contributed by atoms with Crippen molar-refractivity contribution in [3.63, 3.8) is 0 Å². The van der Waals surface area contributed by atoms with Gasteiger partial charge < -0.3 is 16.2 Å². The molecule has 0 aliphatic rings. The largest absolute Gasteiger partial charge is 0.478 e. The normalized spacial score (nSPS) is 10.5. The molecule has 0 bridgehead atoms. The minimum Gasteiger partial charge on any atom is -0.478 e. The van der Waals surface area contributed by atoms with Gasteiger partial charge in [0, 0.05) is 16.0 Å². The summed E-state index contributed by atoms with van der Waals surface area (Å²) in [5.41, 5.74) is 6.44. The lowest BCUT2D eigenvalue weighted by atomic mass is 10.1. The second-order valence-corrected chi connectivity index (χ2v) is 6.20. The number of thiophene rings is 1. The number of carboxylic acid groups (broad SMARTS) is 1. The van der Waals surface area contributed by atoms with Crippen LogP contribution in [0.4, 0.5) is 5.69 Å². The highest BCUT2D eigenvalue weighted by Crippen LogP contribution is 2.26. The fraction of sp³-hybridized carbons (Fsp3) is 0. The van der Waals surface area contributed by atoms with Crippen LogP contribution < -0.4 is 11.1 Å². The molecule has 0 fully saturated rings. The number of nitrogens with two attached hydrogens (primary N) is 1. The smallest absolute Gasteiger partial charge is 0.335 e. The fourth-order valence-corrected chi connectivity index (χ4v) is 3.20. The van der Waals surface area contributed by atoms with Crippen LogP contribution in [0.1, 0.15) is 25.6 Å². The first kappa shape index (κ1) is 15.7. The lowest BCUT2D eigenvalue weighted by Crippen LogP contribution is -2.12. The number of fused-ring (bicyclic) bond motifs is 1. The lowest BCUT2D eigenvalue weighted by molar-refractivity contribution is 0.0696. The summed E-state index contributed by atoms with van der Waals surface area (Å²) in [6.07, 6.45) is 0. The van der Waals surface area contributed by atoms with Crippen LogP contribution in [-0.4, -0.2) is 22.8 Å². The van der Waals surface area contributed by atoms with Crippen LogP contribution >= 0.6 is 11.3 Å². The number of rotatable bonds is 4. The van der Waals surface area contributed by atoms with Gasteiger partial charge in [0.25, 0.3) is 5.91 Å². The summed E-state index contributed by atoms with van der Waals surface area (Å²) in [7, 11) is 0. The molecular weight excluding hydrogens is 326 g/mol. The van der Waals surface area contributed by atoms with Gasteiger partial charge in [-0.25, -0.2) is 4.79 Å². The number of carbonyl (C=O) groups is 2. The molecule has 120 valence electrons. The molecule has 0 spiro atoms. The van der Waals surface area contributed by atoms with Gasteiger partial charge in [0.1, 0.15) is 5.84 Å².